The number of ketones is 1. The first-order valence-electron chi connectivity index (χ1n) is 14.4. The fraction of sp³-hybridized carbons (Fsp3) is 0.900. The Kier molecular flexibility index (Phi) is 8.95. The van der Waals surface area contributed by atoms with Gasteiger partial charge in [0, 0.05) is 18.3 Å². The first kappa shape index (κ1) is 29.1. The van der Waals surface area contributed by atoms with Gasteiger partial charge < -0.3 is 8.85 Å². The van der Waals surface area contributed by atoms with E-state index in [9.17, 15) is 4.79 Å². The molecule has 5 heteroatoms. The Labute approximate surface area is 219 Å². The van der Waals surface area contributed by atoms with Crippen molar-refractivity contribution in [3.8, 4) is 11.8 Å². The maximum Gasteiger partial charge on any atom is 0.193 e. The van der Waals surface area contributed by atoms with Gasteiger partial charge in [-0.1, -0.05) is 85.5 Å². The summed E-state index contributed by atoms with van der Waals surface area (Å²) in [5.74, 6) is 9.40. The third kappa shape index (κ3) is 6.92. The van der Waals surface area contributed by atoms with Crippen molar-refractivity contribution in [1.29, 1.82) is 0 Å². The molecule has 0 amide bonds. The number of hydrogen-bond acceptors (Lipinski definition) is 3. The van der Waals surface area contributed by atoms with Gasteiger partial charge in [-0.25, -0.2) is 0 Å². The minimum Gasteiger partial charge on any atom is -0.413 e. The monoisotopic (exact) mass is 518 g/mol. The number of hydrogen-bond donors (Lipinski definition) is 0. The largest absolute Gasteiger partial charge is 0.413 e. The summed E-state index contributed by atoms with van der Waals surface area (Å²) in [6, 6.07) is 0. The fourth-order valence-electron chi connectivity index (χ4n) is 5.63. The molecule has 35 heavy (non-hydrogen) atoms. The summed E-state index contributed by atoms with van der Waals surface area (Å²) in [5.41, 5.74) is 0. The predicted molar refractivity (Wildman–Crippen MR) is 152 cm³/mol. The maximum atomic E-state index is 12.4. The van der Waals surface area contributed by atoms with Crippen molar-refractivity contribution < 1.29 is 13.6 Å². The van der Waals surface area contributed by atoms with E-state index >= 15 is 0 Å². The van der Waals surface area contributed by atoms with Crippen molar-refractivity contribution in [3.63, 3.8) is 0 Å². The van der Waals surface area contributed by atoms with Crippen LogP contribution in [0.4, 0.5) is 0 Å². The Morgan fingerprint density at radius 1 is 0.886 bits per heavy atom. The molecule has 0 aromatic carbocycles. The molecule has 0 saturated heterocycles. The molecule has 3 aliphatic rings. The van der Waals surface area contributed by atoms with Crippen LogP contribution in [0.15, 0.2) is 0 Å². The molecule has 200 valence electrons. The zero-order valence-corrected chi connectivity index (χ0v) is 26.6. The van der Waals surface area contributed by atoms with Gasteiger partial charge in [0.1, 0.15) is 11.9 Å². The lowest BCUT2D eigenvalue weighted by atomic mass is 9.59. The lowest BCUT2D eigenvalue weighted by Gasteiger charge is -2.49. The Morgan fingerprint density at radius 2 is 1.49 bits per heavy atom. The van der Waals surface area contributed by atoms with Crippen molar-refractivity contribution >= 4 is 22.4 Å². The van der Waals surface area contributed by atoms with E-state index in [0.717, 1.165) is 25.2 Å². The SMILES string of the molecule is CC(C)(C)[Si](C)(C)O[C@H](C#C[C@H]1[C@@H]2CC(=O)[C@@H]2CC[C@@H]1O[Si](C)(C)C(C)(C)C)CC1CCCCC1. The summed E-state index contributed by atoms with van der Waals surface area (Å²) in [6.45, 7) is 23.3. The normalized spacial score (nSPS) is 29.6. The molecule has 0 N–H and O–H groups in total. The molecule has 5 atom stereocenters. The van der Waals surface area contributed by atoms with Crippen molar-refractivity contribution in [2.24, 2.45) is 23.7 Å². The highest BCUT2D eigenvalue weighted by atomic mass is 28.4. The van der Waals surface area contributed by atoms with Crippen LogP contribution in [0.5, 0.6) is 0 Å². The highest BCUT2D eigenvalue weighted by molar-refractivity contribution is 6.74. The van der Waals surface area contributed by atoms with Gasteiger partial charge in [-0.05, 0) is 67.4 Å². The molecule has 0 aromatic rings. The standard InChI is InChI=1S/C30H54O3Si2/c1-29(2,3)34(7,8)32-23(20-22-14-12-11-13-15-22)16-17-25-26-21-27(31)24(26)18-19-28(25)33-35(9,10)30(4,5)6/h22-26,28H,11-15,18-21H2,1-10H3/t23-,24-,25+,26-,28+/m1/s1. The molecule has 0 spiro atoms. The molecular formula is C30H54O3Si2. The number of carbonyl (C=O) groups excluding carboxylic acids is 1. The van der Waals surface area contributed by atoms with Crippen LogP contribution in [0.1, 0.15) is 99.3 Å². The van der Waals surface area contributed by atoms with Crippen molar-refractivity contribution in [3.05, 3.63) is 0 Å². The summed E-state index contributed by atoms with van der Waals surface area (Å²) < 4.78 is 13.9. The van der Waals surface area contributed by atoms with Gasteiger partial charge in [-0.15, -0.1) is 0 Å². The lowest BCUT2D eigenvalue weighted by molar-refractivity contribution is -0.141. The highest BCUT2D eigenvalue weighted by Crippen LogP contribution is 2.49. The number of rotatable bonds is 6. The zero-order valence-electron chi connectivity index (χ0n) is 24.6. The van der Waals surface area contributed by atoms with Gasteiger partial charge in [0.05, 0.1) is 6.10 Å². The Balaban J connectivity index is 1.86. The zero-order chi connectivity index (χ0) is 26.2. The average Bonchev–Trinajstić information content (AvgIpc) is 2.71. The van der Waals surface area contributed by atoms with E-state index in [2.05, 4.69) is 79.6 Å². The minimum atomic E-state index is -1.93. The summed E-state index contributed by atoms with van der Waals surface area (Å²) >= 11 is 0. The van der Waals surface area contributed by atoms with Crippen LogP contribution in [-0.2, 0) is 13.6 Å². The third-order valence-corrected chi connectivity index (χ3v) is 19.2. The van der Waals surface area contributed by atoms with Crippen LogP contribution < -0.4 is 0 Å². The second-order valence-corrected chi connectivity index (χ2v) is 24.4. The lowest BCUT2D eigenvalue weighted by Crippen LogP contribution is -2.53. The average molecular weight is 519 g/mol. The van der Waals surface area contributed by atoms with Crippen molar-refractivity contribution in [1.82, 2.24) is 0 Å². The van der Waals surface area contributed by atoms with E-state index < -0.39 is 16.6 Å². The van der Waals surface area contributed by atoms with Gasteiger partial charge >= 0.3 is 0 Å². The first-order valence-corrected chi connectivity index (χ1v) is 20.2. The van der Waals surface area contributed by atoms with Crippen LogP contribution >= 0.6 is 0 Å². The second kappa shape index (κ2) is 10.8. The summed E-state index contributed by atoms with van der Waals surface area (Å²) in [5, 5.41) is 0.343. The van der Waals surface area contributed by atoms with Gasteiger partial charge in [-0.2, -0.15) is 0 Å². The van der Waals surface area contributed by atoms with Crippen LogP contribution in [0.25, 0.3) is 0 Å². The molecular weight excluding hydrogens is 464 g/mol. The van der Waals surface area contributed by atoms with Gasteiger partial charge in [0.15, 0.2) is 16.6 Å². The van der Waals surface area contributed by atoms with E-state index in [1.54, 1.807) is 0 Å². The van der Waals surface area contributed by atoms with E-state index in [1.807, 2.05) is 0 Å². The number of carbonyl (C=O) groups is 1. The Morgan fingerprint density at radius 3 is 2.03 bits per heavy atom. The van der Waals surface area contributed by atoms with Crippen molar-refractivity contribution in [2.75, 3.05) is 0 Å². The molecule has 0 radical (unpaired) electrons. The molecule has 3 aliphatic carbocycles. The van der Waals surface area contributed by atoms with Gasteiger partial charge in [0.25, 0.3) is 0 Å². The molecule has 0 aromatic heterocycles. The fourth-order valence-corrected chi connectivity index (χ4v) is 8.22. The molecule has 0 heterocycles. The summed E-state index contributed by atoms with van der Waals surface area (Å²) in [4.78, 5) is 12.4. The van der Waals surface area contributed by atoms with E-state index in [4.69, 9.17) is 8.85 Å². The van der Waals surface area contributed by atoms with Gasteiger partial charge in [-0.3, -0.25) is 4.79 Å². The van der Waals surface area contributed by atoms with Crippen LogP contribution in [0.2, 0.25) is 36.3 Å². The summed E-state index contributed by atoms with van der Waals surface area (Å²) in [7, 11) is -3.84. The first-order chi connectivity index (χ1) is 16.0. The van der Waals surface area contributed by atoms with Crippen molar-refractivity contribution in [2.45, 2.75) is 148 Å². The Bertz CT molecular complexity index is 802. The Hall–Kier alpha value is -0.416. The third-order valence-electron chi connectivity index (χ3n) is 10.2. The van der Waals surface area contributed by atoms with Crippen LogP contribution in [0, 0.1) is 35.5 Å². The highest BCUT2D eigenvalue weighted by Gasteiger charge is 2.52. The molecule has 3 saturated carbocycles. The molecule has 0 bridgehead atoms. The number of Topliss-reactive ketones (excluding diaryl/α,β-unsaturated/α-hetero) is 1. The molecule has 3 nitrogen and oxygen atoms in total. The number of fused-ring (bicyclic) bond motifs is 1. The van der Waals surface area contributed by atoms with E-state index in [-0.39, 0.29) is 34.1 Å². The molecule has 0 unspecified atom stereocenters. The quantitative estimate of drug-likeness (QED) is 0.262. The van der Waals surface area contributed by atoms with E-state index in [0.29, 0.717) is 18.1 Å². The molecule has 3 rings (SSSR count). The maximum absolute atomic E-state index is 12.4. The molecule has 3 fully saturated rings. The van der Waals surface area contributed by atoms with E-state index in [1.165, 1.54) is 32.1 Å². The topological polar surface area (TPSA) is 35.5 Å². The summed E-state index contributed by atoms with van der Waals surface area (Å²) in [6.07, 6.45) is 10.6. The molecule has 0 aliphatic heterocycles. The minimum absolute atomic E-state index is 0.00340. The van der Waals surface area contributed by atoms with Crippen LogP contribution in [-0.4, -0.2) is 34.6 Å². The van der Waals surface area contributed by atoms with Crippen LogP contribution in [0.3, 0.4) is 0 Å². The smallest absolute Gasteiger partial charge is 0.193 e. The van der Waals surface area contributed by atoms with Gasteiger partial charge in [0.2, 0.25) is 0 Å². The predicted octanol–water partition coefficient (Wildman–Crippen LogP) is 8.36. The second-order valence-electron chi connectivity index (χ2n) is 14.9.